The molecule has 132 valence electrons. The van der Waals surface area contributed by atoms with E-state index in [9.17, 15) is 0 Å². The number of hydrogen-bond acceptors (Lipinski definition) is 3. The van der Waals surface area contributed by atoms with Crippen LogP contribution in [0, 0.1) is 0 Å². The first kappa shape index (κ1) is 20.6. The predicted octanol–water partition coefficient (Wildman–Crippen LogP) is 5.07. The van der Waals surface area contributed by atoms with Crippen LogP contribution in [-0.2, 0) is 8.23 Å². The van der Waals surface area contributed by atoms with Gasteiger partial charge in [0.25, 0.3) is 0 Å². The van der Waals surface area contributed by atoms with Gasteiger partial charge < -0.3 is 13.5 Å². The minimum atomic E-state index is -2.02. The van der Waals surface area contributed by atoms with Gasteiger partial charge in [0.1, 0.15) is 0 Å². The fraction of sp³-hybridized carbons (Fsp3) is 1.00. The lowest BCUT2D eigenvalue weighted by Crippen LogP contribution is -2.52. The van der Waals surface area contributed by atoms with Gasteiger partial charge in [0, 0.05) is 6.04 Å². The summed E-state index contributed by atoms with van der Waals surface area (Å²) in [5, 5.41) is 3.75. The second kappa shape index (κ2) is 8.58. The predicted molar refractivity (Wildman–Crippen MR) is 105 cm³/mol. The normalized spacial score (nSPS) is 18.7. The van der Waals surface area contributed by atoms with Crippen LogP contribution < -0.4 is 5.32 Å². The molecule has 0 aromatic carbocycles. The van der Waals surface area contributed by atoms with Crippen LogP contribution >= 0.6 is 0 Å². The molecule has 1 fully saturated rings. The summed E-state index contributed by atoms with van der Waals surface area (Å²) in [5.41, 5.74) is 0. The molecule has 0 atom stereocenters. The number of hydrogen-bond donors (Lipinski definition) is 1. The van der Waals surface area contributed by atoms with Gasteiger partial charge in [-0.3, -0.25) is 0 Å². The van der Waals surface area contributed by atoms with Crippen molar-refractivity contribution in [3.63, 3.8) is 0 Å². The van der Waals surface area contributed by atoms with Gasteiger partial charge in [-0.05, 0) is 77.7 Å². The maximum atomic E-state index is 6.56. The van der Waals surface area contributed by atoms with E-state index in [0.717, 1.165) is 18.6 Å². The van der Waals surface area contributed by atoms with E-state index in [1.54, 1.807) is 0 Å². The first-order valence-electron chi connectivity index (χ1n) is 9.13. The third-order valence-corrected chi connectivity index (χ3v) is 13.5. The maximum Gasteiger partial charge on any atom is 0.314 e. The average molecular weight is 362 g/mol. The molecule has 0 aromatic rings. The fourth-order valence-corrected chi connectivity index (χ4v) is 16.0. The Morgan fingerprint density at radius 2 is 1.32 bits per heavy atom. The zero-order chi connectivity index (χ0) is 16.9. The van der Waals surface area contributed by atoms with Crippen LogP contribution in [0.4, 0.5) is 0 Å². The third-order valence-electron chi connectivity index (χ3n) is 3.89. The fourth-order valence-electron chi connectivity index (χ4n) is 3.44. The van der Waals surface area contributed by atoms with Crippen LogP contribution in [0.5, 0.6) is 0 Å². The van der Waals surface area contributed by atoms with Gasteiger partial charge in [0.2, 0.25) is 0 Å². The van der Waals surface area contributed by atoms with Crippen LogP contribution in [0.1, 0.15) is 38.5 Å². The summed E-state index contributed by atoms with van der Waals surface area (Å²) in [6.45, 7) is 17.1. The summed E-state index contributed by atoms with van der Waals surface area (Å²) < 4.78 is 13.1. The molecule has 3 nitrogen and oxygen atoms in total. The Morgan fingerprint density at radius 3 is 1.77 bits per heavy atom. The summed E-state index contributed by atoms with van der Waals surface area (Å²) in [6.07, 6.45) is 8.16. The molecule has 1 N–H and O–H groups in total. The van der Waals surface area contributed by atoms with Gasteiger partial charge in [-0.25, -0.2) is 0 Å². The van der Waals surface area contributed by atoms with E-state index in [2.05, 4.69) is 51.1 Å². The van der Waals surface area contributed by atoms with Crippen molar-refractivity contribution in [2.45, 2.75) is 96.4 Å². The van der Waals surface area contributed by atoms with Crippen molar-refractivity contribution in [1.82, 2.24) is 5.32 Å². The maximum absolute atomic E-state index is 6.56. The largest absolute Gasteiger partial charge is 0.437 e. The van der Waals surface area contributed by atoms with Crippen LogP contribution in [-0.4, -0.2) is 37.8 Å². The molecule has 6 heteroatoms. The van der Waals surface area contributed by atoms with Gasteiger partial charge >= 0.3 is 8.56 Å². The molecule has 0 radical (unpaired) electrons. The Balaban J connectivity index is 2.42. The molecule has 0 saturated heterocycles. The van der Waals surface area contributed by atoms with E-state index in [0.29, 0.717) is 0 Å². The highest BCUT2D eigenvalue weighted by Crippen LogP contribution is 2.25. The van der Waals surface area contributed by atoms with Crippen molar-refractivity contribution in [1.29, 1.82) is 0 Å². The summed E-state index contributed by atoms with van der Waals surface area (Å²) in [4.78, 5) is 0. The Morgan fingerprint density at radius 1 is 0.818 bits per heavy atom. The molecule has 0 unspecified atom stereocenters. The molecule has 0 amide bonds. The monoisotopic (exact) mass is 361 g/mol. The Bertz CT molecular complexity index is 304. The molecule has 0 aromatic heterocycles. The van der Waals surface area contributed by atoms with Crippen LogP contribution in [0.3, 0.4) is 0 Å². The SMILES string of the molecule is C[Si](C)(C)O[Si](C)(CCCNC1CCCCC1)O[Si](C)(C)C. The van der Waals surface area contributed by atoms with Gasteiger partial charge in [0.15, 0.2) is 16.6 Å². The molecular formula is C16H39NO2Si3. The lowest BCUT2D eigenvalue weighted by Gasteiger charge is -2.38. The van der Waals surface area contributed by atoms with E-state index >= 15 is 0 Å². The molecule has 1 saturated carbocycles. The van der Waals surface area contributed by atoms with Gasteiger partial charge in [0.05, 0.1) is 0 Å². The zero-order valence-corrected chi connectivity index (χ0v) is 19.1. The third kappa shape index (κ3) is 9.62. The summed E-state index contributed by atoms with van der Waals surface area (Å²) in [5.74, 6) is 0. The van der Waals surface area contributed by atoms with Crippen molar-refractivity contribution >= 4 is 25.2 Å². The van der Waals surface area contributed by atoms with E-state index in [1.165, 1.54) is 38.5 Å². The van der Waals surface area contributed by atoms with Crippen molar-refractivity contribution in [2.75, 3.05) is 6.54 Å². The van der Waals surface area contributed by atoms with Crippen molar-refractivity contribution in [3.8, 4) is 0 Å². The second-order valence-corrected chi connectivity index (χ2v) is 21.8. The highest BCUT2D eigenvalue weighted by atomic mass is 28.5. The van der Waals surface area contributed by atoms with E-state index in [-0.39, 0.29) is 0 Å². The number of rotatable bonds is 9. The van der Waals surface area contributed by atoms with Crippen LogP contribution in [0.25, 0.3) is 0 Å². The lowest BCUT2D eigenvalue weighted by atomic mass is 9.95. The average Bonchev–Trinajstić information content (AvgIpc) is 2.31. The summed E-state index contributed by atoms with van der Waals surface area (Å²) in [7, 11) is -5.12. The standard InChI is InChI=1S/C16H39NO2Si3/c1-20(2,3)18-22(7,19-21(4,5)6)15-11-14-17-16-12-9-8-10-13-16/h16-17H,8-15H2,1-7H3. The zero-order valence-electron chi connectivity index (χ0n) is 16.1. The number of nitrogens with one attached hydrogen (secondary N) is 1. The van der Waals surface area contributed by atoms with Crippen molar-refractivity contribution in [2.24, 2.45) is 0 Å². The Hall–Kier alpha value is 0.531. The van der Waals surface area contributed by atoms with E-state index in [1.807, 2.05) is 0 Å². The topological polar surface area (TPSA) is 30.5 Å². The first-order valence-corrected chi connectivity index (χ1v) is 18.5. The van der Waals surface area contributed by atoms with Crippen LogP contribution in [0.2, 0.25) is 51.9 Å². The highest BCUT2D eigenvalue weighted by molar-refractivity contribution is 6.87. The molecule has 0 aliphatic heterocycles. The second-order valence-electron chi connectivity index (χ2n) is 8.96. The van der Waals surface area contributed by atoms with Gasteiger partial charge in [-0.2, -0.15) is 0 Å². The lowest BCUT2D eigenvalue weighted by molar-refractivity contribution is 0.362. The minimum absolute atomic E-state index is 0.762. The molecule has 22 heavy (non-hydrogen) atoms. The van der Waals surface area contributed by atoms with E-state index in [4.69, 9.17) is 8.23 Å². The highest BCUT2D eigenvalue weighted by Gasteiger charge is 2.39. The van der Waals surface area contributed by atoms with Crippen molar-refractivity contribution in [3.05, 3.63) is 0 Å². The quantitative estimate of drug-likeness (QED) is 0.459. The molecule has 0 spiro atoms. The molecule has 0 bridgehead atoms. The Kier molecular flexibility index (Phi) is 8.02. The minimum Gasteiger partial charge on any atom is -0.437 e. The summed E-state index contributed by atoms with van der Waals surface area (Å²) >= 11 is 0. The van der Waals surface area contributed by atoms with Gasteiger partial charge in [-0.15, -0.1) is 0 Å². The molecular weight excluding hydrogens is 322 g/mol. The molecule has 1 aliphatic carbocycles. The van der Waals surface area contributed by atoms with Gasteiger partial charge in [-0.1, -0.05) is 19.3 Å². The smallest absolute Gasteiger partial charge is 0.314 e. The van der Waals surface area contributed by atoms with E-state index < -0.39 is 25.2 Å². The molecule has 1 rings (SSSR count). The summed E-state index contributed by atoms with van der Waals surface area (Å²) in [6, 6.07) is 1.89. The molecule has 0 heterocycles. The first-order chi connectivity index (χ1) is 9.99. The van der Waals surface area contributed by atoms with Crippen molar-refractivity contribution < 1.29 is 8.23 Å². The Labute approximate surface area is 142 Å². The molecule has 1 aliphatic rings. The van der Waals surface area contributed by atoms with Crippen LogP contribution in [0.15, 0.2) is 0 Å².